The maximum absolute atomic E-state index is 11.7. The third-order valence-electron chi connectivity index (χ3n) is 2.55. The molecule has 2 aromatic rings. The third kappa shape index (κ3) is 2.77. The van der Waals surface area contributed by atoms with Crippen LogP contribution >= 0.6 is 0 Å². The number of fused-ring (bicyclic) bond motifs is 1. The molecule has 19 heavy (non-hydrogen) atoms. The summed E-state index contributed by atoms with van der Waals surface area (Å²) in [5.41, 5.74) is 6.51. The van der Waals surface area contributed by atoms with Crippen LogP contribution in [0.2, 0.25) is 0 Å². The maximum Gasteiger partial charge on any atom is 0.240 e. The van der Waals surface area contributed by atoms with Gasteiger partial charge in [-0.2, -0.15) is 0 Å². The molecule has 9 heteroatoms. The standard InChI is InChI=1S/C10H14N6O3/c11-9-8-10(13-4-12-9)16(5-14-8)1-7(19)15-6(2-17)3-18/h4-6,17-18H,1-3H2,(H,15,19)(H2,11,12,13). The number of carbonyl (C=O) groups excluding carboxylic acids is 1. The first kappa shape index (κ1) is 13.2. The molecule has 0 saturated heterocycles. The molecule has 102 valence electrons. The summed E-state index contributed by atoms with van der Waals surface area (Å²) < 4.78 is 1.51. The second-order valence-corrected chi connectivity index (χ2v) is 3.93. The molecule has 1 amide bonds. The lowest BCUT2D eigenvalue weighted by Crippen LogP contribution is -2.41. The van der Waals surface area contributed by atoms with Gasteiger partial charge in [-0.1, -0.05) is 0 Å². The van der Waals surface area contributed by atoms with Crippen LogP contribution in [-0.4, -0.2) is 54.9 Å². The van der Waals surface area contributed by atoms with Gasteiger partial charge in [0.05, 0.1) is 25.6 Å². The first-order valence-corrected chi connectivity index (χ1v) is 5.58. The second kappa shape index (κ2) is 5.59. The van der Waals surface area contributed by atoms with Crippen molar-refractivity contribution in [3.63, 3.8) is 0 Å². The number of rotatable bonds is 5. The van der Waals surface area contributed by atoms with Gasteiger partial charge in [0, 0.05) is 0 Å². The van der Waals surface area contributed by atoms with Crippen molar-refractivity contribution in [2.75, 3.05) is 18.9 Å². The van der Waals surface area contributed by atoms with Crippen molar-refractivity contribution < 1.29 is 15.0 Å². The number of nitrogen functional groups attached to an aromatic ring is 1. The Morgan fingerprint density at radius 3 is 2.79 bits per heavy atom. The summed E-state index contributed by atoms with van der Waals surface area (Å²) >= 11 is 0. The summed E-state index contributed by atoms with van der Waals surface area (Å²) in [6.45, 7) is -0.701. The molecular weight excluding hydrogens is 252 g/mol. The van der Waals surface area contributed by atoms with E-state index < -0.39 is 6.04 Å². The zero-order chi connectivity index (χ0) is 13.8. The minimum absolute atomic E-state index is 0.0382. The summed E-state index contributed by atoms with van der Waals surface area (Å²) in [5, 5.41) is 20.2. The number of anilines is 1. The fraction of sp³-hybridized carbons (Fsp3) is 0.400. The predicted octanol–water partition coefficient (Wildman–Crippen LogP) is -2.12. The van der Waals surface area contributed by atoms with Crippen LogP contribution in [0.5, 0.6) is 0 Å². The number of aromatic nitrogens is 4. The molecule has 2 heterocycles. The topological polar surface area (TPSA) is 139 Å². The number of aliphatic hydroxyl groups is 2. The van der Waals surface area contributed by atoms with E-state index in [4.69, 9.17) is 15.9 Å². The molecular formula is C10H14N6O3. The van der Waals surface area contributed by atoms with E-state index in [1.807, 2.05) is 0 Å². The smallest absolute Gasteiger partial charge is 0.240 e. The van der Waals surface area contributed by atoms with Crippen LogP contribution in [0.1, 0.15) is 0 Å². The minimum Gasteiger partial charge on any atom is -0.394 e. The summed E-state index contributed by atoms with van der Waals surface area (Å²) in [4.78, 5) is 23.5. The molecule has 0 fully saturated rings. The molecule has 0 spiro atoms. The van der Waals surface area contributed by atoms with E-state index >= 15 is 0 Å². The number of nitrogens with zero attached hydrogens (tertiary/aromatic N) is 4. The lowest BCUT2D eigenvalue weighted by Gasteiger charge is -2.13. The third-order valence-corrected chi connectivity index (χ3v) is 2.55. The van der Waals surface area contributed by atoms with Crippen LogP contribution in [0.15, 0.2) is 12.7 Å². The first-order chi connectivity index (χ1) is 9.15. The van der Waals surface area contributed by atoms with Gasteiger partial charge < -0.3 is 25.8 Å². The molecule has 5 N–H and O–H groups in total. The fourth-order valence-corrected chi connectivity index (χ4v) is 1.59. The maximum atomic E-state index is 11.7. The molecule has 0 unspecified atom stereocenters. The van der Waals surface area contributed by atoms with Crippen LogP contribution in [-0.2, 0) is 11.3 Å². The van der Waals surface area contributed by atoms with Gasteiger partial charge in [0.15, 0.2) is 11.5 Å². The molecule has 0 saturated carbocycles. The van der Waals surface area contributed by atoms with Crippen LogP contribution in [0.25, 0.3) is 11.2 Å². The van der Waals surface area contributed by atoms with E-state index in [0.717, 1.165) is 0 Å². The van der Waals surface area contributed by atoms with E-state index in [1.54, 1.807) is 0 Å². The highest BCUT2D eigenvalue weighted by atomic mass is 16.3. The van der Waals surface area contributed by atoms with Crippen LogP contribution < -0.4 is 11.1 Å². The van der Waals surface area contributed by atoms with Crippen LogP contribution in [0.4, 0.5) is 5.82 Å². The summed E-state index contributed by atoms with van der Waals surface area (Å²) in [6.07, 6.45) is 2.72. The zero-order valence-corrected chi connectivity index (χ0v) is 10.0. The average molecular weight is 266 g/mol. The Morgan fingerprint density at radius 1 is 1.37 bits per heavy atom. The molecule has 0 bridgehead atoms. The number of nitrogens with one attached hydrogen (secondary N) is 1. The zero-order valence-electron chi connectivity index (χ0n) is 10.0. The highest BCUT2D eigenvalue weighted by Crippen LogP contribution is 2.13. The fourth-order valence-electron chi connectivity index (χ4n) is 1.59. The van der Waals surface area contributed by atoms with E-state index in [0.29, 0.717) is 11.2 Å². The van der Waals surface area contributed by atoms with E-state index in [2.05, 4.69) is 20.3 Å². The Kier molecular flexibility index (Phi) is 3.88. The SMILES string of the molecule is Nc1ncnc2c1ncn2CC(=O)NC(CO)CO. The van der Waals surface area contributed by atoms with Crippen molar-refractivity contribution in [2.24, 2.45) is 0 Å². The number of nitrogens with two attached hydrogens (primary N) is 1. The lowest BCUT2D eigenvalue weighted by atomic mass is 10.3. The highest BCUT2D eigenvalue weighted by Gasteiger charge is 2.13. The Bertz CT molecular complexity index is 580. The molecule has 2 rings (SSSR count). The molecule has 0 aliphatic carbocycles. The van der Waals surface area contributed by atoms with Gasteiger partial charge in [-0.25, -0.2) is 15.0 Å². The summed E-state index contributed by atoms with van der Waals surface area (Å²) in [6, 6.07) is -0.679. The van der Waals surface area contributed by atoms with Gasteiger partial charge in [0.2, 0.25) is 5.91 Å². The normalized spacial score (nSPS) is 11.1. The molecule has 0 atom stereocenters. The van der Waals surface area contributed by atoms with Crippen LogP contribution in [0.3, 0.4) is 0 Å². The van der Waals surface area contributed by atoms with Crippen molar-refractivity contribution in [1.82, 2.24) is 24.8 Å². The van der Waals surface area contributed by atoms with Gasteiger partial charge in [0.1, 0.15) is 18.4 Å². The molecule has 0 aliphatic rings. The number of imidazole rings is 1. The van der Waals surface area contributed by atoms with Crippen molar-refractivity contribution in [1.29, 1.82) is 0 Å². The predicted molar refractivity (Wildman–Crippen MR) is 65.8 cm³/mol. The molecule has 9 nitrogen and oxygen atoms in total. The lowest BCUT2D eigenvalue weighted by molar-refractivity contribution is -0.123. The monoisotopic (exact) mass is 266 g/mol. The summed E-state index contributed by atoms with van der Waals surface area (Å²) in [5.74, 6) is -0.127. The quantitative estimate of drug-likeness (QED) is 0.485. The Labute approximate surface area is 108 Å². The van der Waals surface area contributed by atoms with Crippen molar-refractivity contribution in [2.45, 2.75) is 12.6 Å². The van der Waals surface area contributed by atoms with Crippen molar-refractivity contribution >= 4 is 22.9 Å². The molecule has 2 aromatic heterocycles. The van der Waals surface area contributed by atoms with Gasteiger partial charge >= 0.3 is 0 Å². The van der Waals surface area contributed by atoms with Crippen molar-refractivity contribution in [3.8, 4) is 0 Å². The molecule has 0 aliphatic heterocycles. The molecule has 0 radical (unpaired) electrons. The minimum atomic E-state index is -0.679. The number of hydrogen-bond donors (Lipinski definition) is 4. The van der Waals surface area contributed by atoms with Crippen molar-refractivity contribution in [3.05, 3.63) is 12.7 Å². The van der Waals surface area contributed by atoms with E-state index in [1.165, 1.54) is 17.2 Å². The van der Waals surface area contributed by atoms with Gasteiger partial charge in [-0.05, 0) is 0 Å². The Hall–Kier alpha value is -2.26. The van der Waals surface area contributed by atoms with E-state index in [-0.39, 0.29) is 31.5 Å². The number of carbonyl (C=O) groups is 1. The van der Waals surface area contributed by atoms with Gasteiger partial charge in [0.25, 0.3) is 0 Å². The van der Waals surface area contributed by atoms with Crippen LogP contribution in [0, 0.1) is 0 Å². The first-order valence-electron chi connectivity index (χ1n) is 5.58. The van der Waals surface area contributed by atoms with Gasteiger partial charge in [-0.15, -0.1) is 0 Å². The Morgan fingerprint density at radius 2 is 2.11 bits per heavy atom. The number of aliphatic hydroxyl groups excluding tert-OH is 2. The summed E-state index contributed by atoms with van der Waals surface area (Å²) in [7, 11) is 0. The van der Waals surface area contributed by atoms with E-state index in [9.17, 15) is 4.79 Å². The number of amides is 1. The van der Waals surface area contributed by atoms with Gasteiger partial charge in [-0.3, -0.25) is 4.79 Å². The largest absolute Gasteiger partial charge is 0.394 e. The second-order valence-electron chi connectivity index (χ2n) is 3.93. The average Bonchev–Trinajstić information content (AvgIpc) is 2.81. The Balaban J connectivity index is 2.13. The number of hydrogen-bond acceptors (Lipinski definition) is 7. The molecule has 0 aromatic carbocycles. The highest BCUT2D eigenvalue weighted by molar-refractivity contribution is 5.83.